The lowest BCUT2D eigenvalue weighted by Crippen LogP contribution is -2.10. The highest BCUT2D eigenvalue weighted by atomic mass is 35.5. The second-order valence-corrected chi connectivity index (χ2v) is 8.13. The van der Waals surface area contributed by atoms with Crippen LogP contribution in [0.3, 0.4) is 0 Å². The summed E-state index contributed by atoms with van der Waals surface area (Å²) in [6.07, 6.45) is 0. The normalized spacial score (nSPS) is 10.9. The smallest absolute Gasteiger partial charge is 0.265 e. The number of carbonyl (C=O) groups excluding carboxylic acids is 1. The summed E-state index contributed by atoms with van der Waals surface area (Å²) < 4.78 is 12.4. The monoisotopic (exact) mass is 441 g/mol. The molecule has 0 fully saturated rings. The van der Waals surface area contributed by atoms with Crippen molar-refractivity contribution in [3.63, 3.8) is 0 Å². The number of methoxy groups -OCH3 is 2. The number of carbonyl (C=O) groups is 1. The summed E-state index contributed by atoms with van der Waals surface area (Å²) in [4.78, 5) is 14.4. The van der Waals surface area contributed by atoms with Gasteiger partial charge in [0.15, 0.2) is 11.5 Å². The molecule has 0 bridgehead atoms. The number of fused-ring (bicyclic) bond motifs is 1. The van der Waals surface area contributed by atoms with Gasteiger partial charge < -0.3 is 14.8 Å². The van der Waals surface area contributed by atoms with Crippen LogP contribution in [0.25, 0.3) is 10.2 Å². The van der Waals surface area contributed by atoms with Crippen LogP contribution in [-0.2, 0) is 6.54 Å². The number of aromatic nitrogens is 2. The van der Waals surface area contributed by atoms with Crippen molar-refractivity contribution in [1.29, 1.82) is 0 Å². The van der Waals surface area contributed by atoms with Gasteiger partial charge in [0.05, 0.1) is 31.3 Å². The Hall–Kier alpha value is -3.03. The zero-order valence-electron chi connectivity index (χ0n) is 16.7. The maximum atomic E-state index is 12.8. The third kappa shape index (κ3) is 3.86. The Bertz CT molecular complexity index is 1230. The fourth-order valence-corrected chi connectivity index (χ4v) is 4.48. The molecule has 0 spiro atoms. The number of hydrogen-bond acceptors (Lipinski definition) is 5. The zero-order chi connectivity index (χ0) is 21.3. The minimum Gasteiger partial charge on any atom is -0.493 e. The Balaban J connectivity index is 1.61. The molecule has 2 heterocycles. The summed E-state index contributed by atoms with van der Waals surface area (Å²) in [6, 6.07) is 14.8. The molecule has 6 nitrogen and oxygen atoms in total. The lowest BCUT2D eigenvalue weighted by Gasteiger charge is -2.10. The van der Waals surface area contributed by atoms with Crippen LogP contribution in [0.5, 0.6) is 11.5 Å². The van der Waals surface area contributed by atoms with Gasteiger partial charge in [-0.25, -0.2) is 0 Å². The summed E-state index contributed by atoms with van der Waals surface area (Å²) in [5.74, 6) is 0.970. The molecular weight excluding hydrogens is 422 g/mol. The van der Waals surface area contributed by atoms with Crippen LogP contribution < -0.4 is 14.8 Å². The summed E-state index contributed by atoms with van der Waals surface area (Å²) in [7, 11) is 3.13. The Kier molecular flexibility index (Phi) is 5.65. The van der Waals surface area contributed by atoms with Gasteiger partial charge in [-0.15, -0.1) is 11.3 Å². The molecule has 2 aromatic heterocycles. The first-order chi connectivity index (χ1) is 14.5. The van der Waals surface area contributed by atoms with E-state index in [1.165, 1.54) is 11.3 Å². The fourth-order valence-electron chi connectivity index (χ4n) is 3.23. The number of hydrogen-bond donors (Lipinski definition) is 1. The molecule has 30 heavy (non-hydrogen) atoms. The van der Waals surface area contributed by atoms with Crippen LogP contribution in [0.1, 0.15) is 20.9 Å². The maximum Gasteiger partial charge on any atom is 0.265 e. The predicted molar refractivity (Wildman–Crippen MR) is 120 cm³/mol. The van der Waals surface area contributed by atoms with E-state index in [0.717, 1.165) is 21.5 Å². The molecule has 4 aromatic rings. The highest BCUT2D eigenvalue weighted by Gasteiger charge is 2.18. The molecule has 0 unspecified atom stereocenters. The fraction of sp³-hybridized carbons (Fsp3) is 0.182. The van der Waals surface area contributed by atoms with E-state index in [9.17, 15) is 4.79 Å². The number of nitrogens with one attached hydrogen (secondary N) is 1. The average Bonchev–Trinajstić information content (AvgIpc) is 3.31. The first-order valence-corrected chi connectivity index (χ1v) is 10.4. The van der Waals surface area contributed by atoms with E-state index in [1.54, 1.807) is 32.4 Å². The average molecular weight is 442 g/mol. The van der Waals surface area contributed by atoms with Gasteiger partial charge in [0.25, 0.3) is 5.91 Å². The maximum absolute atomic E-state index is 12.8. The number of anilines is 1. The van der Waals surface area contributed by atoms with Crippen LogP contribution in [0.2, 0.25) is 5.02 Å². The molecule has 154 valence electrons. The standard InChI is InChI=1S/C22H20ClN3O3S/c1-13-16-11-20(21(27)24-15-8-9-18(28-2)19(10-15)29-3)30-22(16)26(25-13)12-14-6-4-5-7-17(14)23/h4-11H,12H2,1-3H3,(H,24,27). The van der Waals surface area contributed by atoms with Gasteiger partial charge in [0.1, 0.15) is 4.83 Å². The summed E-state index contributed by atoms with van der Waals surface area (Å²) in [6.45, 7) is 2.48. The third-order valence-corrected chi connectivity index (χ3v) is 6.27. The number of ether oxygens (including phenoxy) is 2. The van der Waals surface area contributed by atoms with Crippen molar-refractivity contribution >= 4 is 44.7 Å². The van der Waals surface area contributed by atoms with E-state index in [1.807, 2.05) is 41.9 Å². The van der Waals surface area contributed by atoms with Crippen molar-refractivity contribution in [2.75, 3.05) is 19.5 Å². The van der Waals surface area contributed by atoms with Gasteiger partial charge in [-0.05, 0) is 36.8 Å². The molecule has 0 radical (unpaired) electrons. The SMILES string of the molecule is COc1ccc(NC(=O)c2cc3c(C)nn(Cc4ccccc4Cl)c3s2)cc1OC. The van der Waals surface area contributed by atoms with Crippen molar-refractivity contribution in [3.05, 3.63) is 69.7 Å². The molecule has 4 rings (SSSR count). The molecule has 2 aromatic carbocycles. The first-order valence-electron chi connectivity index (χ1n) is 9.24. The summed E-state index contributed by atoms with van der Waals surface area (Å²) >= 11 is 7.71. The molecule has 0 saturated heterocycles. The van der Waals surface area contributed by atoms with Crippen molar-refractivity contribution in [2.45, 2.75) is 13.5 Å². The molecule has 0 saturated carbocycles. The lowest BCUT2D eigenvalue weighted by atomic mass is 10.2. The molecular formula is C22H20ClN3O3S. The van der Waals surface area contributed by atoms with Crippen LogP contribution >= 0.6 is 22.9 Å². The molecule has 0 aliphatic heterocycles. The molecule has 0 aliphatic carbocycles. The third-order valence-electron chi connectivity index (χ3n) is 4.75. The topological polar surface area (TPSA) is 65.4 Å². The van der Waals surface area contributed by atoms with Gasteiger partial charge in [0, 0.05) is 22.2 Å². The van der Waals surface area contributed by atoms with Crippen LogP contribution in [0.4, 0.5) is 5.69 Å². The molecule has 8 heteroatoms. The summed E-state index contributed by atoms with van der Waals surface area (Å²) in [5.41, 5.74) is 2.48. The zero-order valence-corrected chi connectivity index (χ0v) is 18.3. The first kappa shape index (κ1) is 20.3. The van der Waals surface area contributed by atoms with Crippen molar-refractivity contribution in [1.82, 2.24) is 9.78 Å². The summed E-state index contributed by atoms with van der Waals surface area (Å²) in [5, 5.41) is 9.20. The van der Waals surface area contributed by atoms with E-state index in [2.05, 4.69) is 10.4 Å². The Morgan fingerprint density at radius 1 is 1.13 bits per heavy atom. The van der Waals surface area contributed by atoms with E-state index in [-0.39, 0.29) is 5.91 Å². The lowest BCUT2D eigenvalue weighted by molar-refractivity contribution is 0.103. The Labute approximate surface area is 183 Å². The Morgan fingerprint density at radius 2 is 1.90 bits per heavy atom. The number of aryl methyl sites for hydroxylation is 1. The van der Waals surface area contributed by atoms with E-state index >= 15 is 0 Å². The predicted octanol–water partition coefficient (Wildman–Crippen LogP) is 5.38. The molecule has 0 atom stereocenters. The minimum absolute atomic E-state index is 0.188. The second-order valence-electron chi connectivity index (χ2n) is 6.69. The highest BCUT2D eigenvalue weighted by molar-refractivity contribution is 7.20. The van der Waals surface area contributed by atoms with Gasteiger partial charge in [-0.3, -0.25) is 9.48 Å². The largest absolute Gasteiger partial charge is 0.493 e. The van der Waals surface area contributed by atoms with Crippen molar-refractivity contribution < 1.29 is 14.3 Å². The number of amides is 1. The number of thiophene rings is 1. The van der Waals surface area contributed by atoms with E-state index < -0.39 is 0 Å². The number of nitrogens with zero attached hydrogens (tertiary/aromatic N) is 2. The number of benzene rings is 2. The highest BCUT2D eigenvalue weighted by Crippen LogP contribution is 2.32. The second kappa shape index (κ2) is 8.38. The van der Waals surface area contributed by atoms with Gasteiger partial charge in [0.2, 0.25) is 0 Å². The van der Waals surface area contributed by atoms with Gasteiger partial charge >= 0.3 is 0 Å². The van der Waals surface area contributed by atoms with Crippen LogP contribution in [0.15, 0.2) is 48.5 Å². The number of rotatable bonds is 6. The van der Waals surface area contributed by atoms with E-state index in [4.69, 9.17) is 21.1 Å². The van der Waals surface area contributed by atoms with Gasteiger partial charge in [-0.1, -0.05) is 29.8 Å². The Morgan fingerprint density at radius 3 is 2.63 bits per heavy atom. The molecule has 1 amide bonds. The quantitative estimate of drug-likeness (QED) is 0.436. The van der Waals surface area contributed by atoms with Gasteiger partial charge in [-0.2, -0.15) is 5.10 Å². The number of halogens is 1. The van der Waals surface area contributed by atoms with E-state index in [0.29, 0.717) is 33.6 Å². The van der Waals surface area contributed by atoms with Crippen molar-refractivity contribution in [3.8, 4) is 11.5 Å². The molecule has 0 aliphatic rings. The van der Waals surface area contributed by atoms with Crippen molar-refractivity contribution in [2.24, 2.45) is 0 Å². The van der Waals surface area contributed by atoms with Crippen LogP contribution in [-0.4, -0.2) is 29.9 Å². The van der Waals surface area contributed by atoms with Crippen LogP contribution in [0, 0.1) is 6.92 Å². The minimum atomic E-state index is -0.188. The molecule has 1 N–H and O–H groups in total.